The fourth-order valence-corrected chi connectivity index (χ4v) is 4.34. The van der Waals surface area contributed by atoms with Crippen molar-refractivity contribution < 1.29 is 9.53 Å². The van der Waals surface area contributed by atoms with Gasteiger partial charge in [-0.15, -0.1) is 5.10 Å². The van der Waals surface area contributed by atoms with E-state index in [9.17, 15) is 4.79 Å². The minimum atomic E-state index is -0.124. The molecule has 1 amide bonds. The molecule has 0 aromatic carbocycles. The molecular weight excluding hydrogens is 306 g/mol. The Balaban J connectivity index is 1.64. The number of rotatable bonds is 6. The minimum Gasteiger partial charge on any atom is -0.381 e. The molecule has 1 saturated carbocycles. The van der Waals surface area contributed by atoms with Crippen molar-refractivity contribution in [2.45, 2.75) is 64.1 Å². The molecule has 134 valence electrons. The van der Waals surface area contributed by atoms with Crippen LogP contribution in [0, 0.1) is 5.41 Å². The van der Waals surface area contributed by atoms with Crippen LogP contribution in [0.1, 0.15) is 62.5 Å². The van der Waals surface area contributed by atoms with Gasteiger partial charge in [-0.05, 0) is 45.2 Å². The molecule has 1 aliphatic carbocycles. The molecule has 1 aromatic rings. The molecule has 0 radical (unpaired) electrons. The van der Waals surface area contributed by atoms with Crippen LogP contribution in [0.2, 0.25) is 0 Å². The van der Waals surface area contributed by atoms with Gasteiger partial charge in [0, 0.05) is 18.6 Å². The molecule has 7 heteroatoms. The molecule has 0 spiro atoms. The third-order valence-electron chi connectivity index (χ3n) is 6.12. The largest absolute Gasteiger partial charge is 0.381 e. The maximum absolute atomic E-state index is 12.6. The van der Waals surface area contributed by atoms with Gasteiger partial charge in [0.05, 0.1) is 18.3 Å². The Kier molecular flexibility index (Phi) is 5.20. The molecule has 2 heterocycles. The zero-order valence-electron chi connectivity index (χ0n) is 14.9. The van der Waals surface area contributed by atoms with Gasteiger partial charge in [0.2, 0.25) is 0 Å². The van der Waals surface area contributed by atoms with Crippen molar-refractivity contribution in [1.29, 1.82) is 0 Å². The molecule has 0 unspecified atom stereocenters. The molecule has 3 rings (SSSR count). The van der Waals surface area contributed by atoms with Crippen LogP contribution in [0.15, 0.2) is 6.20 Å². The van der Waals surface area contributed by atoms with Gasteiger partial charge in [-0.1, -0.05) is 19.1 Å². The van der Waals surface area contributed by atoms with E-state index in [0.29, 0.717) is 11.7 Å². The molecule has 2 atom stereocenters. The Hall–Kier alpha value is -1.47. The first-order valence-electron chi connectivity index (χ1n) is 9.10. The first-order chi connectivity index (χ1) is 11.6. The predicted molar refractivity (Wildman–Crippen MR) is 90.8 cm³/mol. The molecule has 1 aromatic heterocycles. The van der Waals surface area contributed by atoms with Crippen LogP contribution in [-0.2, 0) is 4.74 Å². The zero-order chi connectivity index (χ0) is 17.2. The molecule has 7 nitrogen and oxygen atoms in total. The van der Waals surface area contributed by atoms with Gasteiger partial charge in [-0.3, -0.25) is 4.79 Å². The van der Waals surface area contributed by atoms with E-state index >= 15 is 0 Å². The summed E-state index contributed by atoms with van der Waals surface area (Å²) in [6, 6.07) is 0.487. The van der Waals surface area contributed by atoms with Gasteiger partial charge in [0.25, 0.3) is 5.91 Å². The lowest BCUT2D eigenvalue weighted by Crippen LogP contribution is -2.64. The lowest BCUT2D eigenvalue weighted by molar-refractivity contribution is -0.120. The number of nitrogens with one attached hydrogen (secondary N) is 2. The van der Waals surface area contributed by atoms with E-state index in [4.69, 9.17) is 4.74 Å². The highest BCUT2D eigenvalue weighted by atomic mass is 16.5. The Bertz CT molecular complexity index is 563. The van der Waals surface area contributed by atoms with E-state index in [1.54, 1.807) is 13.3 Å². The number of nitrogens with zero attached hydrogens (tertiary/aromatic N) is 3. The summed E-state index contributed by atoms with van der Waals surface area (Å²) >= 11 is 0. The summed E-state index contributed by atoms with van der Waals surface area (Å²) in [5, 5.41) is 14.8. The zero-order valence-corrected chi connectivity index (χ0v) is 14.9. The average molecular weight is 335 g/mol. The molecule has 0 bridgehead atoms. The van der Waals surface area contributed by atoms with Crippen molar-refractivity contribution in [3.05, 3.63) is 11.9 Å². The maximum Gasteiger partial charge on any atom is 0.273 e. The highest BCUT2D eigenvalue weighted by Crippen LogP contribution is 2.48. The van der Waals surface area contributed by atoms with Crippen molar-refractivity contribution in [1.82, 2.24) is 25.6 Å². The van der Waals surface area contributed by atoms with E-state index in [0.717, 1.165) is 45.2 Å². The van der Waals surface area contributed by atoms with Gasteiger partial charge in [-0.25, -0.2) is 4.68 Å². The van der Waals surface area contributed by atoms with E-state index in [-0.39, 0.29) is 23.5 Å². The normalized spacial score (nSPS) is 26.8. The number of ether oxygens (including phenoxy) is 1. The van der Waals surface area contributed by atoms with Gasteiger partial charge >= 0.3 is 0 Å². The topological polar surface area (TPSA) is 81.1 Å². The Labute approximate surface area is 143 Å². The second kappa shape index (κ2) is 7.19. The number of carbonyl (C=O) groups is 1. The number of hydrogen-bond acceptors (Lipinski definition) is 5. The Morgan fingerprint density at radius 2 is 2.12 bits per heavy atom. The summed E-state index contributed by atoms with van der Waals surface area (Å²) in [6.07, 6.45) is 6.92. The van der Waals surface area contributed by atoms with Crippen molar-refractivity contribution in [2.24, 2.45) is 5.41 Å². The lowest BCUT2D eigenvalue weighted by atomic mass is 9.58. The third-order valence-corrected chi connectivity index (χ3v) is 6.12. The van der Waals surface area contributed by atoms with E-state index in [1.807, 2.05) is 4.68 Å². The molecule has 1 aliphatic heterocycles. The molecule has 2 N–H and O–H groups in total. The molecule has 1 saturated heterocycles. The highest BCUT2D eigenvalue weighted by Gasteiger charge is 2.53. The minimum absolute atomic E-state index is 0.0371. The summed E-state index contributed by atoms with van der Waals surface area (Å²) in [4.78, 5) is 12.6. The molecule has 24 heavy (non-hydrogen) atoms. The van der Waals surface area contributed by atoms with Gasteiger partial charge in [-0.2, -0.15) is 0 Å². The smallest absolute Gasteiger partial charge is 0.273 e. The van der Waals surface area contributed by atoms with E-state index in [2.05, 4.69) is 34.8 Å². The number of piperidine rings is 1. The number of hydrogen-bond donors (Lipinski definition) is 2. The average Bonchev–Trinajstić information content (AvgIpc) is 3.10. The number of carbonyl (C=O) groups excluding carboxylic acids is 1. The maximum atomic E-state index is 12.6. The van der Waals surface area contributed by atoms with Crippen molar-refractivity contribution in [3.63, 3.8) is 0 Å². The van der Waals surface area contributed by atoms with Crippen LogP contribution in [0.4, 0.5) is 0 Å². The van der Waals surface area contributed by atoms with Crippen LogP contribution in [0.25, 0.3) is 0 Å². The fourth-order valence-electron chi connectivity index (χ4n) is 4.34. The number of aromatic nitrogens is 3. The Morgan fingerprint density at radius 1 is 1.42 bits per heavy atom. The monoisotopic (exact) mass is 335 g/mol. The van der Waals surface area contributed by atoms with Gasteiger partial charge < -0.3 is 15.4 Å². The second-order valence-electron chi connectivity index (χ2n) is 6.99. The van der Waals surface area contributed by atoms with Gasteiger partial charge in [0.15, 0.2) is 5.69 Å². The summed E-state index contributed by atoms with van der Waals surface area (Å²) in [5.74, 6) is -0.124. The first-order valence-corrected chi connectivity index (χ1v) is 9.10. The third kappa shape index (κ3) is 2.95. The van der Waals surface area contributed by atoms with Gasteiger partial charge in [0.1, 0.15) is 0 Å². The first kappa shape index (κ1) is 17.4. The number of amides is 1. The number of methoxy groups -OCH3 is 1. The van der Waals surface area contributed by atoms with E-state index in [1.165, 1.54) is 0 Å². The van der Waals surface area contributed by atoms with Crippen LogP contribution < -0.4 is 10.6 Å². The summed E-state index contributed by atoms with van der Waals surface area (Å²) in [7, 11) is 1.76. The van der Waals surface area contributed by atoms with Crippen LogP contribution >= 0.6 is 0 Å². The SMILES string of the molecule is CCC1(CC)[C@@H](OC)C[C@H]1NC(=O)c1cn(C2CCNCC2)nn1. The van der Waals surface area contributed by atoms with Crippen LogP contribution in [0.5, 0.6) is 0 Å². The van der Waals surface area contributed by atoms with Crippen molar-refractivity contribution >= 4 is 5.91 Å². The lowest BCUT2D eigenvalue weighted by Gasteiger charge is -2.55. The fraction of sp³-hybridized carbons (Fsp3) is 0.824. The Morgan fingerprint density at radius 3 is 2.75 bits per heavy atom. The second-order valence-corrected chi connectivity index (χ2v) is 6.99. The predicted octanol–water partition coefficient (Wildman–Crippen LogP) is 1.53. The van der Waals surface area contributed by atoms with Crippen LogP contribution in [0.3, 0.4) is 0 Å². The standard InChI is InChI=1S/C17H29N5O2/c1-4-17(5-2)14(10-15(17)24-3)19-16(23)13-11-22(21-20-13)12-6-8-18-9-7-12/h11-12,14-15,18H,4-10H2,1-3H3,(H,19,23)/t14-,15+/m1/s1. The summed E-state index contributed by atoms with van der Waals surface area (Å²) in [5.41, 5.74) is 0.450. The summed E-state index contributed by atoms with van der Waals surface area (Å²) in [6.45, 7) is 6.31. The quantitative estimate of drug-likeness (QED) is 0.824. The molecule has 2 fully saturated rings. The highest BCUT2D eigenvalue weighted by molar-refractivity contribution is 5.92. The van der Waals surface area contributed by atoms with E-state index < -0.39 is 0 Å². The molecule has 2 aliphatic rings. The summed E-state index contributed by atoms with van der Waals surface area (Å²) < 4.78 is 7.44. The molecular formula is C17H29N5O2. The van der Waals surface area contributed by atoms with Crippen molar-refractivity contribution in [3.8, 4) is 0 Å². The van der Waals surface area contributed by atoms with Crippen LogP contribution in [-0.4, -0.2) is 53.2 Å². The van der Waals surface area contributed by atoms with Crippen molar-refractivity contribution in [2.75, 3.05) is 20.2 Å².